The highest BCUT2D eigenvalue weighted by molar-refractivity contribution is 6.33. The lowest BCUT2D eigenvalue weighted by Crippen LogP contribution is -2.54. The van der Waals surface area contributed by atoms with E-state index in [0.717, 1.165) is 80.1 Å². The van der Waals surface area contributed by atoms with Gasteiger partial charge >= 0.3 is 0 Å². The SMILES string of the molecule is CNC(=O)COc1cc2cc(Nc3nc(N4CCC5(CC4)CC(CN4CCN(c6cccc7c6C(=O)N(C6CCC(=O)NC6=O)C7=O)CC4)C5)ncc3Cl)ccc2n(C(C)C)c1=O. The molecule has 1 saturated carbocycles. The number of nitrogens with zero attached hydrogens (tertiary/aromatic N) is 7. The average Bonchev–Trinajstić information content (AvgIpc) is 3.51. The number of imide groups is 2. The number of anilines is 4. The molecule has 4 fully saturated rings. The van der Waals surface area contributed by atoms with Crippen molar-refractivity contribution >= 4 is 75.2 Å². The molecule has 3 saturated heterocycles. The number of fused-ring (bicyclic) bond motifs is 2. The first kappa shape index (κ1) is 42.2. The highest BCUT2D eigenvalue weighted by Crippen LogP contribution is 2.53. The molecule has 2 aromatic carbocycles. The molecule has 5 aliphatic rings. The van der Waals surface area contributed by atoms with Gasteiger partial charge in [0.15, 0.2) is 18.2 Å². The van der Waals surface area contributed by atoms with E-state index >= 15 is 0 Å². The highest BCUT2D eigenvalue weighted by Gasteiger charge is 2.48. The van der Waals surface area contributed by atoms with Crippen molar-refractivity contribution in [3.63, 3.8) is 0 Å². The fourth-order valence-electron chi connectivity index (χ4n) is 10.1. The molecule has 330 valence electrons. The van der Waals surface area contributed by atoms with Crippen molar-refractivity contribution in [3.8, 4) is 5.75 Å². The van der Waals surface area contributed by atoms with Gasteiger partial charge in [0, 0.05) is 76.4 Å². The maximum atomic E-state index is 13.7. The average molecular weight is 879 g/mol. The fraction of sp³-hybridized carbons (Fsp3) is 0.467. The second-order valence-electron chi connectivity index (χ2n) is 17.7. The second kappa shape index (κ2) is 16.9. The highest BCUT2D eigenvalue weighted by atomic mass is 35.5. The number of hydrogen-bond donors (Lipinski definition) is 3. The minimum atomic E-state index is -0.989. The molecule has 6 heterocycles. The molecule has 2 aromatic heterocycles. The van der Waals surface area contributed by atoms with E-state index in [4.69, 9.17) is 21.3 Å². The van der Waals surface area contributed by atoms with E-state index in [1.807, 2.05) is 38.1 Å². The van der Waals surface area contributed by atoms with E-state index in [2.05, 4.69) is 35.6 Å². The Morgan fingerprint density at radius 2 is 1.73 bits per heavy atom. The number of amides is 5. The van der Waals surface area contributed by atoms with Crippen molar-refractivity contribution in [1.29, 1.82) is 0 Å². The smallest absolute Gasteiger partial charge is 0.293 e. The van der Waals surface area contributed by atoms with E-state index in [1.165, 1.54) is 19.9 Å². The quantitative estimate of drug-likeness (QED) is 0.183. The number of piperazine rings is 1. The normalized spacial score (nSPS) is 20.3. The number of hydrogen-bond acceptors (Lipinski definition) is 13. The summed E-state index contributed by atoms with van der Waals surface area (Å²) in [6.45, 7) is 9.42. The standard InChI is InChI=1S/C45H51ClN10O7/c1-26(2)55-32-8-7-29(19-28(32)20-35(42(55)61)63-25-37(58)47-3)49-39-31(46)23-48-44(51-39)54-13-11-45(12-14-54)21-27(22-45)24-52-15-17-53(18-16-52)33-6-4-5-30-38(33)43(62)56(41(30)60)34-9-10-36(57)50-40(34)59/h4-8,19-20,23,26-27,34H,9-18,21-22,24-25H2,1-3H3,(H,47,58)(H,48,49,51)(H,50,57,59). The first-order valence-electron chi connectivity index (χ1n) is 21.7. The predicted molar refractivity (Wildman–Crippen MR) is 237 cm³/mol. The molecule has 0 radical (unpaired) electrons. The van der Waals surface area contributed by atoms with E-state index in [9.17, 15) is 28.8 Å². The molecular weight excluding hydrogens is 828 g/mol. The number of carbonyl (C=O) groups excluding carboxylic acids is 5. The number of benzene rings is 2. The van der Waals surface area contributed by atoms with E-state index in [0.29, 0.717) is 44.9 Å². The molecule has 3 N–H and O–H groups in total. The van der Waals surface area contributed by atoms with Crippen molar-refractivity contribution in [2.24, 2.45) is 11.3 Å². The maximum Gasteiger partial charge on any atom is 0.293 e. The second-order valence-corrected chi connectivity index (χ2v) is 18.1. The van der Waals surface area contributed by atoms with Gasteiger partial charge in [0.1, 0.15) is 11.1 Å². The van der Waals surface area contributed by atoms with Gasteiger partial charge in [0.2, 0.25) is 17.8 Å². The Morgan fingerprint density at radius 1 is 0.968 bits per heavy atom. The monoisotopic (exact) mass is 878 g/mol. The van der Waals surface area contributed by atoms with E-state index in [-0.39, 0.29) is 42.7 Å². The molecule has 1 spiro atoms. The van der Waals surface area contributed by atoms with Crippen LogP contribution >= 0.6 is 11.6 Å². The van der Waals surface area contributed by atoms with Gasteiger partial charge < -0.3 is 29.7 Å². The summed E-state index contributed by atoms with van der Waals surface area (Å²) in [7, 11) is 1.51. The Bertz CT molecular complexity index is 2570. The third kappa shape index (κ3) is 8.08. The molecular formula is C45H51ClN10O7. The van der Waals surface area contributed by atoms with Crippen LogP contribution < -0.4 is 36.0 Å². The molecule has 4 aromatic rings. The zero-order valence-corrected chi connectivity index (χ0v) is 36.4. The Kier molecular flexibility index (Phi) is 11.3. The minimum absolute atomic E-state index is 0.0846. The molecule has 63 heavy (non-hydrogen) atoms. The number of aromatic nitrogens is 3. The summed E-state index contributed by atoms with van der Waals surface area (Å²) in [4.78, 5) is 93.8. The van der Waals surface area contributed by atoms with Crippen molar-refractivity contribution in [1.82, 2.24) is 35.0 Å². The van der Waals surface area contributed by atoms with Crippen molar-refractivity contribution in [2.75, 3.05) is 74.6 Å². The lowest BCUT2D eigenvalue weighted by Gasteiger charge is -2.53. The van der Waals surface area contributed by atoms with Gasteiger partial charge in [-0.2, -0.15) is 4.98 Å². The molecule has 17 nitrogen and oxygen atoms in total. The van der Waals surface area contributed by atoms with Crippen LogP contribution in [0.25, 0.3) is 10.9 Å². The van der Waals surface area contributed by atoms with Crippen LogP contribution in [-0.4, -0.2) is 119 Å². The predicted octanol–water partition coefficient (Wildman–Crippen LogP) is 4.11. The van der Waals surface area contributed by atoms with Gasteiger partial charge in [0.25, 0.3) is 23.3 Å². The molecule has 1 atom stereocenters. The summed E-state index contributed by atoms with van der Waals surface area (Å²) in [5.74, 6) is -0.503. The van der Waals surface area contributed by atoms with E-state index in [1.54, 1.807) is 29.0 Å². The van der Waals surface area contributed by atoms with Crippen LogP contribution in [0.3, 0.4) is 0 Å². The third-order valence-electron chi connectivity index (χ3n) is 13.4. The number of ether oxygens (including phenoxy) is 1. The number of carbonyl (C=O) groups is 5. The van der Waals surface area contributed by atoms with Gasteiger partial charge in [-0.25, -0.2) is 4.98 Å². The van der Waals surface area contributed by atoms with Crippen molar-refractivity contribution < 1.29 is 28.7 Å². The zero-order valence-electron chi connectivity index (χ0n) is 35.6. The topological polar surface area (TPSA) is 191 Å². The van der Waals surface area contributed by atoms with Crippen LogP contribution in [-0.2, 0) is 14.4 Å². The zero-order chi connectivity index (χ0) is 44.2. The van der Waals surface area contributed by atoms with Gasteiger partial charge in [-0.05, 0) is 93.7 Å². The first-order chi connectivity index (χ1) is 30.3. The van der Waals surface area contributed by atoms with Crippen LogP contribution in [0.5, 0.6) is 5.75 Å². The van der Waals surface area contributed by atoms with Crippen molar-refractivity contribution in [2.45, 2.75) is 64.5 Å². The summed E-state index contributed by atoms with van der Waals surface area (Å²) in [6.07, 6.45) is 6.31. The van der Waals surface area contributed by atoms with Crippen molar-refractivity contribution in [3.05, 3.63) is 75.2 Å². The summed E-state index contributed by atoms with van der Waals surface area (Å²) in [6, 6.07) is 11.5. The summed E-state index contributed by atoms with van der Waals surface area (Å²) >= 11 is 6.62. The molecule has 18 heteroatoms. The number of pyridine rings is 1. The lowest BCUT2D eigenvalue weighted by atomic mass is 9.57. The van der Waals surface area contributed by atoms with Crippen LogP contribution in [0, 0.1) is 11.3 Å². The molecule has 1 unspecified atom stereocenters. The Balaban J connectivity index is 0.779. The molecule has 1 aliphatic carbocycles. The number of nitrogens with one attached hydrogen (secondary N) is 3. The Morgan fingerprint density at radius 3 is 2.44 bits per heavy atom. The Labute approximate surface area is 369 Å². The fourth-order valence-corrected chi connectivity index (χ4v) is 10.3. The molecule has 4 aliphatic heterocycles. The van der Waals surface area contributed by atoms with E-state index < -0.39 is 29.7 Å². The molecule has 5 amide bonds. The molecule has 9 rings (SSSR count). The van der Waals surface area contributed by atoms with Gasteiger partial charge in [-0.15, -0.1) is 0 Å². The Hall–Kier alpha value is -6.07. The third-order valence-corrected chi connectivity index (χ3v) is 13.7. The van der Waals surface area contributed by atoms with Crippen LogP contribution in [0.15, 0.2) is 53.5 Å². The minimum Gasteiger partial charge on any atom is -0.478 e. The van der Waals surface area contributed by atoms with Crippen LogP contribution in [0.1, 0.15) is 79.1 Å². The number of rotatable bonds is 11. The van der Waals surface area contributed by atoms with Crippen LogP contribution in [0.4, 0.5) is 23.1 Å². The largest absolute Gasteiger partial charge is 0.478 e. The summed E-state index contributed by atoms with van der Waals surface area (Å²) in [5.41, 5.74) is 2.82. The number of halogens is 1. The lowest BCUT2D eigenvalue weighted by molar-refractivity contribution is -0.136. The van der Waals surface area contributed by atoms with Crippen LogP contribution in [0.2, 0.25) is 5.02 Å². The summed E-state index contributed by atoms with van der Waals surface area (Å²) in [5, 5.41) is 9.25. The maximum absolute atomic E-state index is 13.7. The van der Waals surface area contributed by atoms with Gasteiger partial charge in [0.05, 0.1) is 28.5 Å². The number of likely N-dealkylation sites (N-methyl/N-ethyl adjacent to an activating group) is 1. The molecule has 0 bridgehead atoms. The number of piperidine rings is 2. The van der Waals surface area contributed by atoms with Gasteiger partial charge in [-0.1, -0.05) is 17.7 Å². The summed E-state index contributed by atoms with van der Waals surface area (Å²) < 4.78 is 7.27. The first-order valence-corrected chi connectivity index (χ1v) is 22.1. The van der Waals surface area contributed by atoms with Gasteiger partial charge in [-0.3, -0.25) is 43.9 Å².